The number of thiazole rings is 1. The Kier molecular flexibility index (Phi) is 2.61. The van der Waals surface area contributed by atoms with Gasteiger partial charge in [0.15, 0.2) is 5.01 Å². The average Bonchev–Trinajstić information content (AvgIpc) is 2.92. The minimum atomic E-state index is -0.101. The normalized spacial score (nSPS) is 31.9. The molecule has 6 heteroatoms. The summed E-state index contributed by atoms with van der Waals surface area (Å²) in [7, 11) is 0. The van der Waals surface area contributed by atoms with Crippen LogP contribution in [0.15, 0.2) is 6.20 Å². The molecule has 2 heterocycles. The van der Waals surface area contributed by atoms with Gasteiger partial charge in [-0.25, -0.2) is 4.98 Å². The summed E-state index contributed by atoms with van der Waals surface area (Å²) >= 11 is 6.97. The van der Waals surface area contributed by atoms with Gasteiger partial charge < -0.3 is 10.6 Å². The summed E-state index contributed by atoms with van der Waals surface area (Å²) in [5, 5.41) is 6.89. The minimum Gasteiger partial charge on any atom is -0.346 e. The van der Waals surface area contributed by atoms with Gasteiger partial charge in [-0.05, 0) is 25.3 Å². The maximum Gasteiger partial charge on any atom is 0.280 e. The van der Waals surface area contributed by atoms with Gasteiger partial charge >= 0.3 is 0 Å². The molecule has 16 heavy (non-hydrogen) atoms. The minimum absolute atomic E-state index is 0.101. The summed E-state index contributed by atoms with van der Waals surface area (Å²) in [6.07, 6.45) is 3.78. The summed E-state index contributed by atoms with van der Waals surface area (Å²) in [6.45, 7) is 1.10. The fourth-order valence-corrected chi connectivity index (χ4v) is 3.42. The number of fused-ring (bicyclic) bond motifs is 2. The Bertz CT molecular complexity index is 422. The first-order valence-electron chi connectivity index (χ1n) is 5.38. The van der Waals surface area contributed by atoms with E-state index in [0.717, 1.165) is 18.9 Å². The lowest BCUT2D eigenvalue weighted by molar-refractivity contribution is 0.0928. The highest BCUT2D eigenvalue weighted by atomic mass is 35.5. The van der Waals surface area contributed by atoms with Crippen LogP contribution in [0.3, 0.4) is 0 Å². The van der Waals surface area contributed by atoms with E-state index < -0.39 is 0 Å². The van der Waals surface area contributed by atoms with Gasteiger partial charge in [-0.3, -0.25) is 4.79 Å². The topological polar surface area (TPSA) is 54.0 Å². The fourth-order valence-electron chi connectivity index (χ4n) is 2.60. The molecule has 1 saturated carbocycles. The molecule has 2 bridgehead atoms. The molecule has 1 aromatic rings. The first-order valence-corrected chi connectivity index (χ1v) is 6.57. The number of hydrogen-bond donors (Lipinski definition) is 2. The molecule has 0 unspecified atom stereocenters. The van der Waals surface area contributed by atoms with Crippen LogP contribution in [-0.4, -0.2) is 29.5 Å². The van der Waals surface area contributed by atoms with Crippen molar-refractivity contribution < 1.29 is 4.79 Å². The molecular formula is C10H12ClN3OS. The van der Waals surface area contributed by atoms with Gasteiger partial charge in [0.1, 0.15) is 4.34 Å². The standard InChI is InChI=1S/C10H12ClN3OS/c11-8-4-13-10(16-8)9(15)14-7-2-5-1-6(7)12-3-5/h4-7,12H,1-3H2,(H,14,15)/t5-,6-,7-/m0/s1. The molecule has 1 amide bonds. The number of hydrogen-bond acceptors (Lipinski definition) is 4. The zero-order chi connectivity index (χ0) is 11.1. The van der Waals surface area contributed by atoms with Crippen molar-refractivity contribution in [2.24, 2.45) is 5.92 Å². The second-order valence-electron chi connectivity index (χ2n) is 4.40. The van der Waals surface area contributed by atoms with E-state index in [4.69, 9.17) is 11.6 Å². The van der Waals surface area contributed by atoms with E-state index in [-0.39, 0.29) is 11.9 Å². The Balaban J connectivity index is 1.65. The van der Waals surface area contributed by atoms with Gasteiger partial charge in [-0.2, -0.15) is 0 Å². The van der Waals surface area contributed by atoms with E-state index in [1.54, 1.807) is 0 Å². The molecule has 2 N–H and O–H groups in total. The number of carbonyl (C=O) groups excluding carboxylic acids is 1. The summed E-state index contributed by atoms with van der Waals surface area (Å²) in [5.41, 5.74) is 0. The van der Waals surface area contributed by atoms with Crippen molar-refractivity contribution in [1.29, 1.82) is 0 Å². The fraction of sp³-hybridized carbons (Fsp3) is 0.600. The average molecular weight is 258 g/mol. The predicted octanol–water partition coefficient (Wildman–Crippen LogP) is 1.28. The van der Waals surface area contributed by atoms with Crippen LogP contribution in [0, 0.1) is 5.92 Å². The van der Waals surface area contributed by atoms with Gasteiger partial charge in [-0.15, -0.1) is 0 Å². The van der Waals surface area contributed by atoms with E-state index in [1.165, 1.54) is 24.0 Å². The summed E-state index contributed by atoms with van der Waals surface area (Å²) < 4.78 is 0.552. The van der Waals surface area contributed by atoms with Crippen LogP contribution in [0.25, 0.3) is 0 Å². The zero-order valence-corrected chi connectivity index (χ0v) is 10.1. The molecule has 1 aliphatic carbocycles. The number of halogens is 1. The maximum absolute atomic E-state index is 11.8. The lowest BCUT2D eigenvalue weighted by Gasteiger charge is -2.23. The summed E-state index contributed by atoms with van der Waals surface area (Å²) in [5.74, 6) is 0.631. The Morgan fingerprint density at radius 2 is 2.50 bits per heavy atom. The number of aromatic nitrogens is 1. The van der Waals surface area contributed by atoms with Gasteiger partial charge in [0, 0.05) is 12.1 Å². The summed E-state index contributed by atoms with van der Waals surface area (Å²) in [4.78, 5) is 15.8. The first kappa shape index (κ1) is 10.5. The van der Waals surface area contributed by atoms with Crippen molar-refractivity contribution >= 4 is 28.8 Å². The molecule has 0 spiro atoms. The van der Waals surface area contributed by atoms with E-state index in [9.17, 15) is 4.79 Å². The van der Waals surface area contributed by atoms with Crippen molar-refractivity contribution in [3.05, 3.63) is 15.5 Å². The molecule has 86 valence electrons. The number of piperidine rings is 1. The molecule has 1 aromatic heterocycles. The van der Waals surface area contributed by atoms with E-state index in [0.29, 0.717) is 15.4 Å². The van der Waals surface area contributed by atoms with Crippen molar-refractivity contribution in [3.63, 3.8) is 0 Å². The largest absolute Gasteiger partial charge is 0.346 e. The van der Waals surface area contributed by atoms with Crippen LogP contribution in [0.4, 0.5) is 0 Å². The van der Waals surface area contributed by atoms with Crippen molar-refractivity contribution in [2.75, 3.05) is 6.54 Å². The molecule has 1 saturated heterocycles. The number of carbonyl (C=O) groups is 1. The third-order valence-electron chi connectivity index (χ3n) is 3.32. The van der Waals surface area contributed by atoms with Crippen LogP contribution >= 0.6 is 22.9 Å². The van der Waals surface area contributed by atoms with Crippen LogP contribution in [0.2, 0.25) is 4.34 Å². The van der Waals surface area contributed by atoms with E-state index in [2.05, 4.69) is 15.6 Å². The van der Waals surface area contributed by atoms with Crippen molar-refractivity contribution in [3.8, 4) is 0 Å². The zero-order valence-electron chi connectivity index (χ0n) is 8.57. The highest BCUT2D eigenvalue weighted by molar-refractivity contribution is 7.17. The monoisotopic (exact) mass is 257 g/mol. The van der Waals surface area contributed by atoms with Crippen LogP contribution < -0.4 is 10.6 Å². The molecule has 2 fully saturated rings. The molecule has 3 atom stereocenters. The quantitative estimate of drug-likeness (QED) is 0.839. The number of nitrogens with zero attached hydrogens (tertiary/aromatic N) is 1. The molecule has 3 rings (SSSR count). The molecule has 1 aliphatic heterocycles. The predicted molar refractivity (Wildman–Crippen MR) is 62.9 cm³/mol. The second-order valence-corrected chi connectivity index (χ2v) is 6.06. The number of nitrogens with one attached hydrogen (secondary N) is 2. The van der Waals surface area contributed by atoms with Crippen LogP contribution in [0.1, 0.15) is 22.6 Å². The summed E-state index contributed by atoms with van der Waals surface area (Å²) in [6, 6.07) is 0.707. The molecule has 0 aromatic carbocycles. The molecular weight excluding hydrogens is 246 g/mol. The highest BCUT2D eigenvalue weighted by Crippen LogP contribution is 2.31. The lowest BCUT2D eigenvalue weighted by Crippen LogP contribution is -2.47. The Morgan fingerprint density at radius 3 is 3.06 bits per heavy atom. The number of amides is 1. The SMILES string of the molecule is O=C(N[C@H]1C[C@H]2CN[C@H]1C2)c1ncc(Cl)s1. The second kappa shape index (κ2) is 3.98. The Hall–Kier alpha value is -0.650. The van der Waals surface area contributed by atoms with Gasteiger partial charge in [0.2, 0.25) is 0 Å². The Morgan fingerprint density at radius 1 is 1.62 bits per heavy atom. The van der Waals surface area contributed by atoms with E-state index >= 15 is 0 Å². The maximum atomic E-state index is 11.8. The van der Waals surface area contributed by atoms with Crippen LogP contribution in [-0.2, 0) is 0 Å². The number of rotatable bonds is 2. The van der Waals surface area contributed by atoms with E-state index in [1.807, 2.05) is 0 Å². The van der Waals surface area contributed by atoms with Crippen LogP contribution in [0.5, 0.6) is 0 Å². The third kappa shape index (κ3) is 1.83. The highest BCUT2D eigenvalue weighted by Gasteiger charge is 2.40. The van der Waals surface area contributed by atoms with Gasteiger partial charge in [-0.1, -0.05) is 22.9 Å². The Labute approximate surface area is 102 Å². The van der Waals surface area contributed by atoms with Crippen molar-refractivity contribution in [2.45, 2.75) is 24.9 Å². The van der Waals surface area contributed by atoms with Crippen molar-refractivity contribution in [1.82, 2.24) is 15.6 Å². The molecule has 0 radical (unpaired) electrons. The molecule has 2 aliphatic rings. The smallest absolute Gasteiger partial charge is 0.280 e. The van der Waals surface area contributed by atoms with Gasteiger partial charge in [0.05, 0.1) is 6.20 Å². The molecule has 4 nitrogen and oxygen atoms in total. The van der Waals surface area contributed by atoms with Gasteiger partial charge in [0.25, 0.3) is 5.91 Å². The third-order valence-corrected chi connectivity index (χ3v) is 4.43. The first-order chi connectivity index (χ1) is 7.72. The lowest BCUT2D eigenvalue weighted by atomic mass is 10.1.